The monoisotopic (exact) mass is 348 g/mol. The molecule has 0 spiro atoms. The molecule has 0 aromatic carbocycles. The van der Waals surface area contributed by atoms with E-state index in [4.69, 9.17) is 0 Å². The number of hydrogen-bond donors (Lipinski definition) is 2. The number of carbonyl (C=O) groups excluding carboxylic acids is 1. The smallest absolute Gasteiger partial charge is 0.295 e. The van der Waals surface area contributed by atoms with Gasteiger partial charge in [0.1, 0.15) is 0 Å². The van der Waals surface area contributed by atoms with Crippen molar-refractivity contribution >= 4 is 51.2 Å². The van der Waals surface area contributed by atoms with Crippen molar-refractivity contribution in [3.05, 3.63) is 20.8 Å². The first-order valence-electron chi connectivity index (χ1n) is 5.71. The molecular weight excluding hydrogens is 334 g/mol. The van der Waals surface area contributed by atoms with Gasteiger partial charge in [-0.15, -0.1) is 11.3 Å². The van der Waals surface area contributed by atoms with Crippen LogP contribution in [0.1, 0.15) is 4.88 Å². The van der Waals surface area contributed by atoms with Gasteiger partial charge in [0, 0.05) is 26.2 Å². The minimum Gasteiger partial charge on any atom is -0.326 e. The maximum Gasteiger partial charge on any atom is 0.295 e. The number of amides is 1. The summed E-state index contributed by atoms with van der Waals surface area (Å²) in [4.78, 5) is 14.0. The Labute approximate surface area is 123 Å². The van der Waals surface area contributed by atoms with Crippen molar-refractivity contribution in [1.82, 2.24) is 5.43 Å². The number of hydrogen-bond acceptors (Lipinski definition) is 4. The van der Waals surface area contributed by atoms with Gasteiger partial charge in [-0.05, 0) is 22.0 Å². The van der Waals surface area contributed by atoms with Gasteiger partial charge < -0.3 is 4.90 Å². The Balaban J connectivity index is 1.72. The highest BCUT2D eigenvalue weighted by Crippen LogP contribution is 2.17. The molecule has 98 valence electrons. The van der Waals surface area contributed by atoms with E-state index in [9.17, 15) is 4.79 Å². The van der Waals surface area contributed by atoms with Gasteiger partial charge in [-0.2, -0.15) is 16.9 Å². The van der Waals surface area contributed by atoms with E-state index in [1.54, 1.807) is 17.6 Å². The maximum absolute atomic E-state index is 11.6. The Kier molecular flexibility index (Phi) is 5.68. The van der Waals surface area contributed by atoms with E-state index in [1.165, 1.54) is 4.90 Å². The summed E-state index contributed by atoms with van der Waals surface area (Å²) in [5, 5.41) is 5.95. The molecule has 0 atom stereocenters. The van der Waals surface area contributed by atoms with Gasteiger partial charge in [0.05, 0.1) is 19.3 Å². The average Bonchev–Trinajstić information content (AvgIpc) is 2.76. The van der Waals surface area contributed by atoms with E-state index in [2.05, 4.69) is 26.5 Å². The van der Waals surface area contributed by atoms with Crippen LogP contribution in [-0.2, 0) is 4.79 Å². The molecule has 1 fully saturated rings. The molecule has 2 heterocycles. The number of quaternary nitrogens is 1. The lowest BCUT2D eigenvalue weighted by Crippen LogP contribution is -3.14. The summed E-state index contributed by atoms with van der Waals surface area (Å²) in [7, 11) is 0. The van der Waals surface area contributed by atoms with Gasteiger partial charge in [-0.25, -0.2) is 5.43 Å². The minimum absolute atomic E-state index is 0.0104. The Morgan fingerprint density at radius 2 is 2.33 bits per heavy atom. The number of hydrazone groups is 1. The van der Waals surface area contributed by atoms with Gasteiger partial charge in [0.15, 0.2) is 6.54 Å². The second-order valence-electron chi connectivity index (χ2n) is 4.00. The van der Waals surface area contributed by atoms with Crippen LogP contribution in [0, 0.1) is 0 Å². The first kappa shape index (κ1) is 14.0. The molecule has 1 amide bonds. The van der Waals surface area contributed by atoms with E-state index in [1.807, 2.05) is 23.2 Å². The third-order valence-corrected chi connectivity index (χ3v) is 5.19. The molecule has 1 aliphatic rings. The topological polar surface area (TPSA) is 45.9 Å². The van der Waals surface area contributed by atoms with Gasteiger partial charge >= 0.3 is 0 Å². The molecule has 2 rings (SSSR count). The molecule has 0 saturated carbocycles. The van der Waals surface area contributed by atoms with Crippen LogP contribution in [0.2, 0.25) is 0 Å². The number of halogens is 1. The van der Waals surface area contributed by atoms with Crippen LogP contribution in [0.15, 0.2) is 21.0 Å². The van der Waals surface area contributed by atoms with E-state index < -0.39 is 0 Å². The van der Waals surface area contributed by atoms with Crippen molar-refractivity contribution in [3.8, 4) is 0 Å². The van der Waals surface area contributed by atoms with Gasteiger partial charge in [0.2, 0.25) is 0 Å². The van der Waals surface area contributed by atoms with Crippen LogP contribution in [0.4, 0.5) is 0 Å². The fourth-order valence-corrected chi connectivity index (χ4v) is 4.04. The Bertz CT molecular complexity index is 430. The number of rotatable bonds is 4. The van der Waals surface area contributed by atoms with Crippen molar-refractivity contribution in [2.45, 2.75) is 0 Å². The summed E-state index contributed by atoms with van der Waals surface area (Å²) in [6.45, 7) is 2.66. The highest BCUT2D eigenvalue weighted by Gasteiger charge is 2.16. The van der Waals surface area contributed by atoms with Gasteiger partial charge in [-0.3, -0.25) is 4.79 Å². The number of nitrogens with one attached hydrogen (secondary N) is 2. The quantitative estimate of drug-likeness (QED) is 0.618. The largest absolute Gasteiger partial charge is 0.326 e. The van der Waals surface area contributed by atoms with Crippen molar-refractivity contribution in [2.75, 3.05) is 31.1 Å². The second kappa shape index (κ2) is 7.28. The maximum atomic E-state index is 11.6. The molecule has 7 heteroatoms. The molecule has 4 nitrogen and oxygen atoms in total. The zero-order valence-electron chi connectivity index (χ0n) is 9.82. The SMILES string of the molecule is O=C(C[NH+]1CCSCC1)N/N=C\c1cc(Br)cs1. The van der Waals surface area contributed by atoms with E-state index in [-0.39, 0.29) is 5.91 Å². The molecule has 0 aliphatic carbocycles. The van der Waals surface area contributed by atoms with E-state index in [0.717, 1.165) is 33.9 Å². The molecule has 0 unspecified atom stereocenters. The second-order valence-corrected chi connectivity index (χ2v) is 7.08. The lowest BCUT2D eigenvalue weighted by molar-refractivity contribution is -0.888. The zero-order valence-corrected chi connectivity index (χ0v) is 13.0. The molecule has 1 aromatic heterocycles. The van der Waals surface area contributed by atoms with Crippen LogP contribution in [0.5, 0.6) is 0 Å². The standard InChI is InChI=1S/C11H14BrN3OS2/c12-9-5-10(18-8-9)6-13-14-11(16)7-15-1-3-17-4-2-15/h5-6,8H,1-4,7H2,(H,14,16)/p+1/b13-6-. The molecule has 1 saturated heterocycles. The fourth-order valence-electron chi connectivity index (χ4n) is 1.67. The normalized spacial score (nSPS) is 17.2. The zero-order chi connectivity index (χ0) is 12.8. The van der Waals surface area contributed by atoms with Crippen LogP contribution in [-0.4, -0.2) is 43.3 Å². The molecular formula is C11H15BrN3OS2+. The van der Waals surface area contributed by atoms with Gasteiger partial charge in [0.25, 0.3) is 5.91 Å². The molecule has 0 bridgehead atoms. The Hall–Kier alpha value is -0.370. The summed E-state index contributed by atoms with van der Waals surface area (Å²) in [6, 6.07) is 1.97. The molecule has 1 aromatic rings. The molecule has 1 aliphatic heterocycles. The van der Waals surface area contributed by atoms with Crippen molar-refractivity contribution < 1.29 is 9.69 Å². The predicted octanol–water partition coefficient (Wildman–Crippen LogP) is 0.592. The number of carbonyl (C=O) groups is 1. The Morgan fingerprint density at radius 3 is 3.00 bits per heavy atom. The Morgan fingerprint density at radius 1 is 1.56 bits per heavy atom. The first-order valence-corrected chi connectivity index (χ1v) is 8.54. The van der Waals surface area contributed by atoms with Gasteiger partial charge in [-0.1, -0.05) is 0 Å². The van der Waals surface area contributed by atoms with Crippen molar-refractivity contribution in [1.29, 1.82) is 0 Å². The van der Waals surface area contributed by atoms with Crippen molar-refractivity contribution in [3.63, 3.8) is 0 Å². The van der Waals surface area contributed by atoms with Crippen LogP contribution >= 0.6 is 39.0 Å². The number of nitrogens with zero attached hydrogens (tertiary/aromatic N) is 1. The summed E-state index contributed by atoms with van der Waals surface area (Å²) < 4.78 is 1.04. The summed E-state index contributed by atoms with van der Waals surface area (Å²) in [5.41, 5.74) is 2.58. The highest BCUT2D eigenvalue weighted by molar-refractivity contribution is 9.10. The average molecular weight is 349 g/mol. The predicted molar refractivity (Wildman–Crippen MR) is 80.6 cm³/mol. The summed E-state index contributed by atoms with van der Waals surface area (Å²) in [6.07, 6.45) is 1.68. The number of thiophene rings is 1. The fraction of sp³-hybridized carbons (Fsp3) is 0.455. The molecule has 2 N–H and O–H groups in total. The third kappa shape index (κ3) is 4.72. The number of thioether (sulfide) groups is 1. The lowest BCUT2D eigenvalue weighted by atomic mass is 10.4. The van der Waals surface area contributed by atoms with Crippen LogP contribution in [0.3, 0.4) is 0 Å². The van der Waals surface area contributed by atoms with Crippen LogP contribution in [0.25, 0.3) is 0 Å². The molecule has 18 heavy (non-hydrogen) atoms. The lowest BCUT2D eigenvalue weighted by Gasteiger charge is -2.21. The van der Waals surface area contributed by atoms with Crippen molar-refractivity contribution in [2.24, 2.45) is 5.10 Å². The first-order chi connectivity index (χ1) is 8.74. The summed E-state index contributed by atoms with van der Waals surface area (Å²) >= 11 is 6.91. The van der Waals surface area contributed by atoms with Crippen LogP contribution < -0.4 is 10.3 Å². The van der Waals surface area contributed by atoms with E-state index in [0.29, 0.717) is 6.54 Å². The molecule has 0 radical (unpaired) electrons. The highest BCUT2D eigenvalue weighted by atomic mass is 79.9. The minimum atomic E-state index is -0.0104. The summed E-state index contributed by atoms with van der Waals surface area (Å²) in [5.74, 6) is 2.29. The van der Waals surface area contributed by atoms with E-state index >= 15 is 0 Å². The third-order valence-electron chi connectivity index (χ3n) is 2.58.